The Bertz CT molecular complexity index is 696. The molecule has 1 N–H and O–H groups in total. The number of amides is 1. The first kappa shape index (κ1) is 14.8. The van der Waals surface area contributed by atoms with Gasteiger partial charge in [-0.05, 0) is 25.0 Å². The van der Waals surface area contributed by atoms with Crippen LogP contribution in [0.4, 0.5) is 4.39 Å². The fraction of sp³-hybridized carbons (Fsp3) is 0.333. The van der Waals surface area contributed by atoms with E-state index in [0.29, 0.717) is 18.1 Å². The van der Waals surface area contributed by atoms with Crippen molar-refractivity contribution in [1.29, 1.82) is 0 Å². The molecule has 0 aliphatic carbocycles. The molecule has 1 aliphatic rings. The molecular weight excluding hydrogens is 309 g/mol. The summed E-state index contributed by atoms with van der Waals surface area (Å²) < 4.78 is 15.6. The molecule has 22 heavy (non-hydrogen) atoms. The molecule has 0 saturated carbocycles. The number of likely N-dealkylation sites (tertiary alicyclic amines) is 1. The van der Waals surface area contributed by atoms with E-state index < -0.39 is 5.82 Å². The maximum Gasteiger partial charge on any atom is 0.256 e. The molecule has 3 rings (SSSR count). The number of aromatic nitrogens is 2. The number of phenolic OH excluding ortho intramolecular Hbond substituents is 1. The number of aromatic hydroxyl groups is 1. The highest BCUT2D eigenvalue weighted by Crippen LogP contribution is 2.25. The second-order valence-corrected chi connectivity index (χ2v) is 5.76. The zero-order valence-electron chi connectivity index (χ0n) is 11.7. The highest BCUT2D eigenvalue weighted by Gasteiger charge is 2.26. The minimum absolute atomic E-state index is 0.0154. The Morgan fingerprint density at radius 2 is 2.09 bits per heavy atom. The molecule has 1 aliphatic heterocycles. The van der Waals surface area contributed by atoms with E-state index in [1.54, 1.807) is 17.3 Å². The summed E-state index contributed by atoms with van der Waals surface area (Å²) in [6, 6.07) is 3.77. The number of benzene rings is 1. The molecule has 0 bridgehead atoms. The number of hydrogen-bond acceptors (Lipinski definition) is 3. The van der Waals surface area contributed by atoms with Crippen LogP contribution < -0.4 is 0 Å². The molecule has 0 unspecified atom stereocenters. The smallest absolute Gasteiger partial charge is 0.256 e. The molecule has 116 valence electrons. The molecule has 0 spiro atoms. The van der Waals surface area contributed by atoms with Gasteiger partial charge in [-0.15, -0.1) is 0 Å². The van der Waals surface area contributed by atoms with Crippen LogP contribution in [0.15, 0.2) is 30.6 Å². The first-order chi connectivity index (χ1) is 10.5. The number of carbonyl (C=O) groups is 1. The molecule has 0 atom stereocenters. The van der Waals surface area contributed by atoms with E-state index in [0.717, 1.165) is 18.9 Å². The summed E-state index contributed by atoms with van der Waals surface area (Å²) in [5.41, 5.74) is -0.0154. The highest BCUT2D eigenvalue weighted by atomic mass is 35.5. The van der Waals surface area contributed by atoms with E-state index in [9.17, 15) is 14.3 Å². The lowest BCUT2D eigenvalue weighted by molar-refractivity contribution is 0.0685. The summed E-state index contributed by atoms with van der Waals surface area (Å²) in [4.78, 5) is 14.0. The summed E-state index contributed by atoms with van der Waals surface area (Å²) in [6.07, 6.45) is 4.83. The molecule has 1 fully saturated rings. The van der Waals surface area contributed by atoms with Gasteiger partial charge >= 0.3 is 0 Å². The van der Waals surface area contributed by atoms with Gasteiger partial charge in [0.2, 0.25) is 0 Å². The Hall–Kier alpha value is -2.08. The monoisotopic (exact) mass is 323 g/mol. The van der Waals surface area contributed by atoms with Gasteiger partial charge in [0, 0.05) is 25.4 Å². The third-order valence-electron chi connectivity index (χ3n) is 3.88. The molecule has 1 amide bonds. The maximum absolute atomic E-state index is 13.8. The van der Waals surface area contributed by atoms with Gasteiger partial charge in [-0.1, -0.05) is 11.6 Å². The average molecular weight is 324 g/mol. The zero-order chi connectivity index (χ0) is 15.7. The molecule has 1 aromatic heterocycles. The summed E-state index contributed by atoms with van der Waals surface area (Å²) in [5, 5.41) is 14.0. The third-order valence-corrected chi connectivity index (χ3v) is 4.07. The van der Waals surface area contributed by atoms with Crippen molar-refractivity contribution in [3.05, 3.63) is 47.0 Å². The van der Waals surface area contributed by atoms with E-state index in [1.807, 2.05) is 4.68 Å². The Kier molecular flexibility index (Phi) is 4.02. The fourth-order valence-corrected chi connectivity index (χ4v) is 2.84. The van der Waals surface area contributed by atoms with Gasteiger partial charge in [-0.2, -0.15) is 5.10 Å². The highest BCUT2D eigenvalue weighted by molar-refractivity contribution is 6.30. The average Bonchev–Trinajstić information content (AvgIpc) is 2.93. The fourth-order valence-electron chi connectivity index (χ4n) is 2.70. The van der Waals surface area contributed by atoms with E-state index in [-0.39, 0.29) is 23.3 Å². The van der Waals surface area contributed by atoms with Crippen LogP contribution in [0.3, 0.4) is 0 Å². The van der Waals surface area contributed by atoms with Crippen LogP contribution in [-0.4, -0.2) is 38.8 Å². The summed E-state index contributed by atoms with van der Waals surface area (Å²) >= 11 is 5.86. The van der Waals surface area contributed by atoms with Crippen molar-refractivity contribution in [2.24, 2.45) is 0 Å². The van der Waals surface area contributed by atoms with Crippen molar-refractivity contribution in [3.63, 3.8) is 0 Å². The van der Waals surface area contributed by atoms with Gasteiger partial charge in [-0.25, -0.2) is 4.39 Å². The SMILES string of the molecule is O=C(c1ccc(O)cc1F)N1CCC(n2cc(Cl)cn2)CC1. The number of rotatable bonds is 2. The standard InChI is InChI=1S/C15H15ClFN3O2/c16-10-8-18-20(9-10)11-3-5-19(6-4-11)15(22)13-2-1-12(21)7-14(13)17/h1-2,7-9,11,21H,3-6H2. The van der Waals surface area contributed by atoms with Crippen molar-refractivity contribution in [1.82, 2.24) is 14.7 Å². The number of carbonyl (C=O) groups excluding carboxylic acids is 1. The lowest BCUT2D eigenvalue weighted by atomic mass is 10.0. The van der Waals surface area contributed by atoms with E-state index in [1.165, 1.54) is 12.1 Å². The number of piperidine rings is 1. The molecule has 1 aromatic carbocycles. The van der Waals surface area contributed by atoms with Gasteiger partial charge in [-0.3, -0.25) is 9.48 Å². The summed E-state index contributed by atoms with van der Waals surface area (Å²) in [6.45, 7) is 1.06. The third kappa shape index (κ3) is 2.92. The Labute approximate surface area is 131 Å². The van der Waals surface area contributed by atoms with Crippen LogP contribution in [-0.2, 0) is 0 Å². The van der Waals surface area contributed by atoms with Crippen LogP contribution in [0.2, 0.25) is 5.02 Å². The number of phenols is 1. The quantitative estimate of drug-likeness (QED) is 0.924. The normalized spacial score (nSPS) is 16.0. The molecule has 2 heterocycles. The molecule has 0 radical (unpaired) electrons. The number of hydrogen-bond donors (Lipinski definition) is 1. The Balaban J connectivity index is 1.67. The Morgan fingerprint density at radius 3 is 2.68 bits per heavy atom. The van der Waals surface area contributed by atoms with Crippen molar-refractivity contribution in [3.8, 4) is 5.75 Å². The predicted molar refractivity (Wildman–Crippen MR) is 79.5 cm³/mol. The zero-order valence-corrected chi connectivity index (χ0v) is 12.5. The van der Waals surface area contributed by atoms with Gasteiger partial charge in [0.25, 0.3) is 5.91 Å². The van der Waals surface area contributed by atoms with Crippen molar-refractivity contribution >= 4 is 17.5 Å². The van der Waals surface area contributed by atoms with Crippen LogP contribution in [0, 0.1) is 5.82 Å². The maximum atomic E-state index is 13.8. The Morgan fingerprint density at radius 1 is 1.36 bits per heavy atom. The molecule has 2 aromatic rings. The predicted octanol–water partition coefficient (Wildman–Crippen LogP) is 2.86. The molecule has 7 heteroatoms. The second-order valence-electron chi connectivity index (χ2n) is 5.33. The minimum atomic E-state index is -0.703. The molecular formula is C15H15ClFN3O2. The molecule has 1 saturated heterocycles. The first-order valence-corrected chi connectivity index (χ1v) is 7.40. The number of halogens is 2. The van der Waals surface area contributed by atoms with Gasteiger partial charge in [0.15, 0.2) is 0 Å². The van der Waals surface area contributed by atoms with Crippen LogP contribution in [0.1, 0.15) is 29.2 Å². The van der Waals surface area contributed by atoms with Crippen LogP contribution >= 0.6 is 11.6 Å². The first-order valence-electron chi connectivity index (χ1n) is 7.02. The number of nitrogens with zero attached hydrogens (tertiary/aromatic N) is 3. The van der Waals surface area contributed by atoms with Gasteiger partial charge in [0.1, 0.15) is 11.6 Å². The van der Waals surface area contributed by atoms with Crippen molar-refractivity contribution in [2.45, 2.75) is 18.9 Å². The van der Waals surface area contributed by atoms with Gasteiger partial charge < -0.3 is 10.0 Å². The topological polar surface area (TPSA) is 58.4 Å². The van der Waals surface area contributed by atoms with Crippen molar-refractivity contribution < 1.29 is 14.3 Å². The van der Waals surface area contributed by atoms with Crippen LogP contribution in [0.25, 0.3) is 0 Å². The lowest BCUT2D eigenvalue weighted by Gasteiger charge is -2.32. The molecule has 5 nitrogen and oxygen atoms in total. The van der Waals surface area contributed by atoms with Gasteiger partial charge in [0.05, 0.1) is 22.8 Å². The summed E-state index contributed by atoms with van der Waals surface area (Å²) in [5.74, 6) is -1.25. The lowest BCUT2D eigenvalue weighted by Crippen LogP contribution is -2.39. The van der Waals surface area contributed by atoms with E-state index >= 15 is 0 Å². The van der Waals surface area contributed by atoms with Crippen molar-refractivity contribution in [2.75, 3.05) is 13.1 Å². The minimum Gasteiger partial charge on any atom is -0.508 e. The largest absolute Gasteiger partial charge is 0.508 e. The second kappa shape index (κ2) is 5.96. The van der Waals surface area contributed by atoms with E-state index in [2.05, 4.69) is 5.10 Å². The van der Waals surface area contributed by atoms with E-state index in [4.69, 9.17) is 11.6 Å². The summed E-state index contributed by atoms with van der Waals surface area (Å²) in [7, 11) is 0. The van der Waals surface area contributed by atoms with Crippen LogP contribution in [0.5, 0.6) is 5.75 Å².